The Morgan fingerprint density at radius 3 is 2.70 bits per heavy atom. The van der Waals surface area contributed by atoms with Gasteiger partial charge in [-0.2, -0.15) is 0 Å². The Labute approximate surface area is 119 Å². The molecule has 0 radical (unpaired) electrons. The molecule has 0 aromatic carbocycles. The summed E-state index contributed by atoms with van der Waals surface area (Å²) in [6.07, 6.45) is 6.47. The highest BCUT2D eigenvalue weighted by atomic mass is 16.2. The zero-order chi connectivity index (χ0) is 14.4. The molecule has 1 aromatic rings. The van der Waals surface area contributed by atoms with E-state index >= 15 is 0 Å². The predicted octanol–water partition coefficient (Wildman–Crippen LogP) is 1.50. The Balaban J connectivity index is 2.16. The number of amides is 1. The summed E-state index contributed by atoms with van der Waals surface area (Å²) in [5.74, 6) is -0.0805. The molecule has 0 aliphatic heterocycles. The van der Waals surface area contributed by atoms with Gasteiger partial charge in [0.05, 0.1) is 0 Å². The highest BCUT2D eigenvalue weighted by molar-refractivity contribution is 5.92. The predicted molar refractivity (Wildman–Crippen MR) is 78.6 cm³/mol. The molecular formula is C15H23N3O2. The molecule has 0 spiro atoms. The first-order chi connectivity index (χ1) is 9.72. The van der Waals surface area contributed by atoms with E-state index < -0.39 is 0 Å². The standard InChI is InChI=1S/C15H23N3O2/c16-10-5-11-18(12-6-2-1-3-7-12)15(20)13-8-4-9-14(19)17-13/h4,8-9,12H,1-3,5-7,10-11,16H2,(H,17,19). The number of hydrogen-bond acceptors (Lipinski definition) is 3. The van der Waals surface area contributed by atoms with E-state index in [0.29, 0.717) is 18.8 Å². The van der Waals surface area contributed by atoms with Gasteiger partial charge in [-0.25, -0.2) is 0 Å². The molecule has 1 amide bonds. The zero-order valence-corrected chi connectivity index (χ0v) is 11.8. The molecule has 1 saturated carbocycles. The minimum absolute atomic E-state index is 0.0805. The van der Waals surface area contributed by atoms with Crippen molar-refractivity contribution < 1.29 is 4.79 Å². The van der Waals surface area contributed by atoms with E-state index in [0.717, 1.165) is 19.3 Å². The fraction of sp³-hybridized carbons (Fsp3) is 0.600. The number of carbonyl (C=O) groups excluding carboxylic acids is 1. The Kier molecular flexibility index (Phi) is 5.35. The summed E-state index contributed by atoms with van der Waals surface area (Å²) in [5.41, 5.74) is 5.71. The molecule has 1 fully saturated rings. The average molecular weight is 277 g/mol. The number of nitrogens with one attached hydrogen (secondary N) is 1. The van der Waals surface area contributed by atoms with Crippen molar-refractivity contribution >= 4 is 5.91 Å². The molecule has 110 valence electrons. The number of H-pyrrole nitrogens is 1. The molecule has 1 aliphatic carbocycles. The first-order valence-electron chi connectivity index (χ1n) is 7.43. The largest absolute Gasteiger partial charge is 0.334 e. The molecule has 20 heavy (non-hydrogen) atoms. The van der Waals surface area contributed by atoms with E-state index in [1.54, 1.807) is 12.1 Å². The lowest BCUT2D eigenvalue weighted by Crippen LogP contribution is -2.43. The number of rotatable bonds is 5. The van der Waals surface area contributed by atoms with Gasteiger partial charge in [0.1, 0.15) is 5.69 Å². The second-order valence-electron chi connectivity index (χ2n) is 5.36. The summed E-state index contributed by atoms with van der Waals surface area (Å²) in [6.45, 7) is 1.23. The van der Waals surface area contributed by atoms with Crippen LogP contribution in [0.4, 0.5) is 0 Å². The molecule has 3 N–H and O–H groups in total. The van der Waals surface area contributed by atoms with Crippen LogP contribution in [0.3, 0.4) is 0 Å². The Morgan fingerprint density at radius 2 is 2.05 bits per heavy atom. The maximum atomic E-state index is 12.6. The molecule has 1 aliphatic rings. The van der Waals surface area contributed by atoms with Gasteiger partial charge in [0, 0.05) is 18.7 Å². The first kappa shape index (κ1) is 14.8. The number of nitrogens with zero attached hydrogens (tertiary/aromatic N) is 1. The highest BCUT2D eigenvalue weighted by Crippen LogP contribution is 2.23. The average Bonchev–Trinajstić information content (AvgIpc) is 2.48. The van der Waals surface area contributed by atoms with Gasteiger partial charge in [-0.05, 0) is 31.9 Å². The van der Waals surface area contributed by atoms with Gasteiger partial charge in [-0.1, -0.05) is 25.3 Å². The normalized spacial score (nSPS) is 16.1. The molecule has 0 unspecified atom stereocenters. The number of pyridine rings is 1. The van der Waals surface area contributed by atoms with E-state index in [9.17, 15) is 9.59 Å². The SMILES string of the molecule is NCCCN(C(=O)c1cccc(=O)[nH]1)C1CCCCC1. The van der Waals surface area contributed by atoms with Crippen LogP contribution < -0.4 is 11.3 Å². The lowest BCUT2D eigenvalue weighted by molar-refractivity contribution is 0.0626. The second kappa shape index (κ2) is 7.24. The van der Waals surface area contributed by atoms with Gasteiger partial charge in [-0.3, -0.25) is 9.59 Å². The van der Waals surface area contributed by atoms with E-state index in [1.165, 1.54) is 25.3 Å². The Morgan fingerprint density at radius 1 is 1.30 bits per heavy atom. The van der Waals surface area contributed by atoms with E-state index in [1.807, 2.05) is 4.90 Å². The quantitative estimate of drug-likeness (QED) is 0.856. The summed E-state index contributed by atoms with van der Waals surface area (Å²) >= 11 is 0. The van der Waals surface area contributed by atoms with Crippen LogP contribution in [0.1, 0.15) is 49.0 Å². The van der Waals surface area contributed by atoms with Crippen LogP contribution >= 0.6 is 0 Å². The third-order valence-electron chi connectivity index (χ3n) is 3.88. The zero-order valence-electron chi connectivity index (χ0n) is 11.8. The summed E-state index contributed by atoms with van der Waals surface area (Å²) in [7, 11) is 0. The van der Waals surface area contributed by atoms with Crippen molar-refractivity contribution in [1.29, 1.82) is 0 Å². The number of nitrogens with two attached hydrogens (primary N) is 1. The van der Waals surface area contributed by atoms with Gasteiger partial charge in [-0.15, -0.1) is 0 Å². The maximum absolute atomic E-state index is 12.6. The molecule has 1 aromatic heterocycles. The summed E-state index contributed by atoms with van der Waals surface area (Å²) < 4.78 is 0. The van der Waals surface area contributed by atoms with Gasteiger partial charge in [0.2, 0.25) is 5.56 Å². The van der Waals surface area contributed by atoms with Crippen molar-refractivity contribution in [1.82, 2.24) is 9.88 Å². The van der Waals surface area contributed by atoms with Crippen LogP contribution in [0.25, 0.3) is 0 Å². The summed E-state index contributed by atoms with van der Waals surface area (Å²) in [6, 6.07) is 4.99. The molecule has 5 heteroatoms. The van der Waals surface area contributed by atoms with Crippen molar-refractivity contribution in [3.63, 3.8) is 0 Å². The van der Waals surface area contributed by atoms with Gasteiger partial charge in [0.25, 0.3) is 5.91 Å². The number of aromatic nitrogens is 1. The fourth-order valence-corrected chi connectivity index (χ4v) is 2.83. The topological polar surface area (TPSA) is 79.2 Å². The molecule has 0 bridgehead atoms. The van der Waals surface area contributed by atoms with Crippen molar-refractivity contribution in [2.45, 2.75) is 44.6 Å². The number of carbonyl (C=O) groups is 1. The molecule has 0 atom stereocenters. The molecule has 5 nitrogen and oxygen atoms in total. The smallest absolute Gasteiger partial charge is 0.270 e. The van der Waals surface area contributed by atoms with Crippen LogP contribution in [0.2, 0.25) is 0 Å². The van der Waals surface area contributed by atoms with E-state index in [4.69, 9.17) is 5.73 Å². The van der Waals surface area contributed by atoms with Crippen LogP contribution in [-0.2, 0) is 0 Å². The molecule has 0 saturated heterocycles. The van der Waals surface area contributed by atoms with Crippen molar-refractivity contribution in [3.8, 4) is 0 Å². The molecule has 1 heterocycles. The van der Waals surface area contributed by atoms with Crippen molar-refractivity contribution in [2.75, 3.05) is 13.1 Å². The monoisotopic (exact) mass is 277 g/mol. The minimum atomic E-state index is -0.238. The van der Waals surface area contributed by atoms with Gasteiger partial charge in [0.15, 0.2) is 0 Å². The summed E-state index contributed by atoms with van der Waals surface area (Å²) in [4.78, 5) is 28.5. The maximum Gasteiger partial charge on any atom is 0.270 e. The van der Waals surface area contributed by atoms with E-state index in [2.05, 4.69) is 4.98 Å². The Bertz CT molecular complexity index is 492. The summed E-state index contributed by atoms with van der Waals surface area (Å²) in [5, 5.41) is 0. The minimum Gasteiger partial charge on any atom is -0.334 e. The highest BCUT2D eigenvalue weighted by Gasteiger charge is 2.26. The van der Waals surface area contributed by atoms with Crippen molar-refractivity contribution in [3.05, 3.63) is 34.2 Å². The van der Waals surface area contributed by atoms with E-state index in [-0.39, 0.29) is 17.5 Å². The van der Waals surface area contributed by atoms with Crippen LogP contribution in [-0.4, -0.2) is 34.9 Å². The molecular weight excluding hydrogens is 254 g/mol. The number of aromatic amines is 1. The lowest BCUT2D eigenvalue weighted by atomic mass is 9.93. The number of hydrogen-bond donors (Lipinski definition) is 2. The van der Waals surface area contributed by atoms with Crippen LogP contribution in [0.5, 0.6) is 0 Å². The third-order valence-corrected chi connectivity index (χ3v) is 3.88. The van der Waals surface area contributed by atoms with Crippen molar-refractivity contribution in [2.24, 2.45) is 5.73 Å². The van der Waals surface area contributed by atoms with Gasteiger partial charge >= 0.3 is 0 Å². The molecule has 2 rings (SSSR count). The Hall–Kier alpha value is -1.62. The first-order valence-corrected chi connectivity index (χ1v) is 7.43. The second-order valence-corrected chi connectivity index (χ2v) is 5.36. The van der Waals surface area contributed by atoms with Crippen LogP contribution in [0.15, 0.2) is 23.0 Å². The fourth-order valence-electron chi connectivity index (χ4n) is 2.83. The third kappa shape index (κ3) is 3.70. The lowest BCUT2D eigenvalue weighted by Gasteiger charge is -2.34. The van der Waals surface area contributed by atoms with Crippen LogP contribution in [0, 0.1) is 0 Å². The van der Waals surface area contributed by atoms with Gasteiger partial charge < -0.3 is 15.6 Å².